The molecule has 0 fully saturated rings. The Morgan fingerprint density at radius 2 is 2.26 bits per heavy atom. The van der Waals surface area contributed by atoms with Gasteiger partial charge in [-0.25, -0.2) is 4.39 Å². The summed E-state index contributed by atoms with van der Waals surface area (Å²) in [6.45, 7) is 1.13. The largest absolute Gasteiger partial charge is 0.393 e. The summed E-state index contributed by atoms with van der Waals surface area (Å²) in [6.07, 6.45) is 2.78. The average molecular weight is 285 g/mol. The number of halogens is 1. The van der Waals surface area contributed by atoms with Crippen molar-refractivity contribution < 1.29 is 13.9 Å². The standard InChI is InChI=1S/C12H16FN3O2S/c1-18-5-4-16(3-2-11(14)19)12(17)9-6-10(13)8-15-7-9/h6-8H,2-5H2,1H3,(H2,14,19). The third kappa shape index (κ3) is 5.27. The van der Waals surface area contributed by atoms with E-state index < -0.39 is 5.82 Å². The molecule has 1 rings (SSSR count). The van der Waals surface area contributed by atoms with E-state index in [1.807, 2.05) is 0 Å². The maximum atomic E-state index is 13.1. The number of hydrogen-bond acceptors (Lipinski definition) is 4. The molecule has 104 valence electrons. The number of nitrogens with two attached hydrogens (primary N) is 1. The SMILES string of the molecule is COCCN(CCC(N)=S)C(=O)c1cncc(F)c1. The molecule has 2 N–H and O–H groups in total. The smallest absolute Gasteiger partial charge is 0.255 e. The van der Waals surface area contributed by atoms with Gasteiger partial charge in [-0.05, 0) is 6.07 Å². The monoisotopic (exact) mass is 285 g/mol. The first kappa shape index (κ1) is 15.5. The molecule has 1 amide bonds. The van der Waals surface area contributed by atoms with E-state index >= 15 is 0 Å². The number of carbonyl (C=O) groups excluding carboxylic acids is 1. The van der Waals surface area contributed by atoms with E-state index in [1.54, 1.807) is 7.11 Å². The molecule has 0 saturated heterocycles. The van der Waals surface area contributed by atoms with Crippen LogP contribution in [0.2, 0.25) is 0 Å². The van der Waals surface area contributed by atoms with Crippen molar-refractivity contribution in [3.8, 4) is 0 Å². The number of carbonyl (C=O) groups is 1. The van der Waals surface area contributed by atoms with Crippen LogP contribution in [0, 0.1) is 5.82 Å². The van der Waals surface area contributed by atoms with Crippen molar-refractivity contribution in [2.45, 2.75) is 6.42 Å². The fraction of sp³-hybridized carbons (Fsp3) is 0.417. The lowest BCUT2D eigenvalue weighted by Gasteiger charge is -2.22. The lowest BCUT2D eigenvalue weighted by molar-refractivity contribution is 0.0700. The van der Waals surface area contributed by atoms with Crippen LogP contribution in [-0.2, 0) is 4.74 Å². The van der Waals surface area contributed by atoms with Crippen LogP contribution in [0.25, 0.3) is 0 Å². The first-order valence-electron chi connectivity index (χ1n) is 5.71. The van der Waals surface area contributed by atoms with Gasteiger partial charge >= 0.3 is 0 Å². The van der Waals surface area contributed by atoms with Gasteiger partial charge in [-0.15, -0.1) is 0 Å². The molecular weight excluding hydrogens is 269 g/mol. The van der Waals surface area contributed by atoms with E-state index in [0.717, 1.165) is 12.3 Å². The van der Waals surface area contributed by atoms with Gasteiger partial charge in [-0.1, -0.05) is 12.2 Å². The second-order valence-corrected chi connectivity index (χ2v) is 4.42. The van der Waals surface area contributed by atoms with Gasteiger partial charge in [0.05, 0.1) is 23.4 Å². The molecule has 0 atom stereocenters. The lowest BCUT2D eigenvalue weighted by Crippen LogP contribution is -2.36. The first-order valence-corrected chi connectivity index (χ1v) is 6.12. The van der Waals surface area contributed by atoms with Gasteiger partial charge in [0.15, 0.2) is 0 Å². The zero-order chi connectivity index (χ0) is 14.3. The van der Waals surface area contributed by atoms with Gasteiger partial charge in [0.2, 0.25) is 0 Å². The highest BCUT2D eigenvalue weighted by Gasteiger charge is 2.16. The minimum atomic E-state index is -0.549. The summed E-state index contributed by atoms with van der Waals surface area (Å²) in [5.41, 5.74) is 5.62. The number of amides is 1. The highest BCUT2D eigenvalue weighted by atomic mass is 32.1. The first-order chi connectivity index (χ1) is 9.04. The van der Waals surface area contributed by atoms with Crippen LogP contribution in [0.3, 0.4) is 0 Å². The molecule has 1 heterocycles. The molecule has 0 aromatic carbocycles. The number of hydrogen-bond donors (Lipinski definition) is 1. The summed E-state index contributed by atoms with van der Waals surface area (Å²) in [5, 5.41) is 0. The number of rotatable bonds is 7. The summed E-state index contributed by atoms with van der Waals surface area (Å²) in [4.78, 5) is 17.7. The quantitative estimate of drug-likeness (QED) is 0.757. The minimum Gasteiger partial charge on any atom is -0.393 e. The van der Waals surface area contributed by atoms with E-state index in [0.29, 0.717) is 31.1 Å². The Morgan fingerprint density at radius 1 is 1.53 bits per heavy atom. The zero-order valence-electron chi connectivity index (χ0n) is 10.6. The number of pyridine rings is 1. The third-order valence-corrected chi connectivity index (χ3v) is 2.64. The van der Waals surface area contributed by atoms with E-state index in [1.165, 1.54) is 11.1 Å². The van der Waals surface area contributed by atoms with Crippen LogP contribution in [0.4, 0.5) is 4.39 Å². The Labute approximate surface area is 116 Å². The van der Waals surface area contributed by atoms with E-state index in [2.05, 4.69) is 4.98 Å². The predicted molar refractivity (Wildman–Crippen MR) is 73.4 cm³/mol. The molecule has 1 aromatic rings. The molecule has 0 bridgehead atoms. The lowest BCUT2D eigenvalue weighted by atomic mass is 10.2. The van der Waals surface area contributed by atoms with Crippen LogP contribution in [0.1, 0.15) is 16.8 Å². The molecule has 0 saturated carbocycles. The second-order valence-electron chi connectivity index (χ2n) is 3.89. The molecule has 0 aliphatic rings. The molecule has 0 unspecified atom stereocenters. The highest BCUT2D eigenvalue weighted by molar-refractivity contribution is 7.80. The van der Waals surface area contributed by atoms with Crippen molar-refractivity contribution in [1.29, 1.82) is 0 Å². The summed E-state index contributed by atoms with van der Waals surface area (Å²) >= 11 is 4.79. The third-order valence-electron chi connectivity index (χ3n) is 2.43. The molecular formula is C12H16FN3O2S. The highest BCUT2D eigenvalue weighted by Crippen LogP contribution is 2.06. The Hall–Kier alpha value is -1.60. The maximum absolute atomic E-state index is 13.1. The van der Waals surface area contributed by atoms with Crippen LogP contribution in [-0.4, -0.2) is 47.6 Å². The van der Waals surface area contributed by atoms with Crippen molar-refractivity contribution in [1.82, 2.24) is 9.88 Å². The van der Waals surface area contributed by atoms with Gasteiger partial charge in [-0.3, -0.25) is 9.78 Å². The zero-order valence-corrected chi connectivity index (χ0v) is 11.5. The molecule has 5 nitrogen and oxygen atoms in total. The van der Waals surface area contributed by atoms with Crippen molar-refractivity contribution in [2.24, 2.45) is 5.73 Å². The van der Waals surface area contributed by atoms with Crippen LogP contribution in [0.5, 0.6) is 0 Å². The number of aromatic nitrogens is 1. The Morgan fingerprint density at radius 3 is 2.84 bits per heavy atom. The normalized spacial score (nSPS) is 10.2. The van der Waals surface area contributed by atoms with Gasteiger partial charge < -0.3 is 15.4 Å². The van der Waals surface area contributed by atoms with E-state index in [9.17, 15) is 9.18 Å². The molecule has 0 aliphatic heterocycles. The van der Waals surface area contributed by atoms with Crippen LogP contribution < -0.4 is 5.73 Å². The summed E-state index contributed by atoms with van der Waals surface area (Å²) < 4.78 is 18.0. The Balaban J connectivity index is 2.77. The predicted octanol–water partition coefficient (Wildman–Crippen LogP) is 0.985. The molecule has 0 aliphatic carbocycles. The fourth-order valence-corrected chi connectivity index (χ4v) is 1.56. The number of ether oxygens (including phenoxy) is 1. The molecule has 0 spiro atoms. The second kappa shape index (κ2) is 7.75. The molecule has 0 radical (unpaired) electrons. The van der Waals surface area contributed by atoms with Crippen molar-refractivity contribution >= 4 is 23.1 Å². The van der Waals surface area contributed by atoms with Gasteiger partial charge in [0, 0.05) is 32.8 Å². The minimum absolute atomic E-state index is 0.194. The average Bonchev–Trinajstić information content (AvgIpc) is 2.38. The van der Waals surface area contributed by atoms with Gasteiger partial charge in [-0.2, -0.15) is 0 Å². The molecule has 1 aromatic heterocycles. The van der Waals surface area contributed by atoms with Gasteiger partial charge in [0.25, 0.3) is 5.91 Å². The Kier molecular flexibility index (Phi) is 6.31. The number of nitrogens with zero attached hydrogens (tertiary/aromatic N) is 2. The summed E-state index contributed by atoms with van der Waals surface area (Å²) in [5.74, 6) is -0.868. The van der Waals surface area contributed by atoms with Gasteiger partial charge in [0.1, 0.15) is 5.82 Å². The number of methoxy groups -OCH3 is 1. The van der Waals surface area contributed by atoms with E-state index in [-0.39, 0.29) is 11.5 Å². The summed E-state index contributed by atoms with van der Waals surface area (Å²) in [7, 11) is 1.54. The van der Waals surface area contributed by atoms with Crippen molar-refractivity contribution in [2.75, 3.05) is 26.8 Å². The maximum Gasteiger partial charge on any atom is 0.255 e. The Bertz CT molecular complexity index is 456. The van der Waals surface area contributed by atoms with Crippen molar-refractivity contribution in [3.05, 3.63) is 29.8 Å². The van der Waals surface area contributed by atoms with E-state index in [4.69, 9.17) is 22.7 Å². The fourth-order valence-electron chi connectivity index (χ4n) is 1.47. The van der Waals surface area contributed by atoms with Crippen molar-refractivity contribution in [3.63, 3.8) is 0 Å². The van der Waals surface area contributed by atoms with Crippen LogP contribution >= 0.6 is 12.2 Å². The number of thiocarbonyl (C=S) groups is 1. The molecule has 7 heteroatoms. The topological polar surface area (TPSA) is 68.5 Å². The molecule has 19 heavy (non-hydrogen) atoms. The van der Waals surface area contributed by atoms with Crippen LogP contribution in [0.15, 0.2) is 18.5 Å². The summed E-state index contributed by atoms with van der Waals surface area (Å²) in [6, 6.07) is 1.15.